The molecule has 0 radical (unpaired) electrons. The molecular weight excluding hydrogens is 569 g/mol. The number of benzene rings is 8. The van der Waals surface area contributed by atoms with Gasteiger partial charge in [0.2, 0.25) is 0 Å². The number of imidazole rings is 1. The van der Waals surface area contributed by atoms with Crippen molar-refractivity contribution >= 4 is 43.4 Å². The first-order valence-corrected chi connectivity index (χ1v) is 14.8. The number of rotatable bonds is 5. The second-order valence-electron chi connectivity index (χ2n) is 10.9. The van der Waals surface area contributed by atoms with Crippen LogP contribution in [-0.2, 0) is 6.37 Å². The third-order valence-corrected chi connectivity index (χ3v) is 8.40. The van der Waals surface area contributed by atoms with Gasteiger partial charge in [-0.05, 0) is 84.6 Å². The van der Waals surface area contributed by atoms with E-state index in [2.05, 4.69) is 4.98 Å². The average Bonchev–Trinajstić information content (AvgIpc) is 3.69. The van der Waals surface area contributed by atoms with Crippen LogP contribution in [0, 0.1) is 0 Å². The van der Waals surface area contributed by atoms with Gasteiger partial charge in [-0.1, -0.05) is 146 Å². The highest BCUT2D eigenvalue weighted by Crippen LogP contribution is 2.46. The lowest BCUT2D eigenvalue weighted by Crippen LogP contribution is -2.01. The van der Waals surface area contributed by atoms with Crippen molar-refractivity contribution in [1.82, 2.24) is 9.55 Å². The van der Waals surface area contributed by atoms with Gasteiger partial charge < -0.3 is 0 Å². The number of para-hydroxylation sites is 2. The predicted octanol–water partition coefficient (Wildman–Crippen LogP) is 12.0. The van der Waals surface area contributed by atoms with Crippen molar-refractivity contribution in [2.75, 3.05) is 0 Å². The number of hydrogen-bond donors (Lipinski definition) is 0. The zero-order chi connectivity index (χ0) is 46.9. The van der Waals surface area contributed by atoms with Gasteiger partial charge in [-0.2, -0.15) is 0 Å². The van der Waals surface area contributed by atoms with E-state index in [9.17, 15) is 5.48 Å². The average molecular weight is 619 g/mol. The molecule has 0 saturated carbocycles. The molecule has 0 saturated heterocycles. The summed E-state index contributed by atoms with van der Waals surface area (Å²) in [5.41, 5.74) is 1.43. The molecule has 1 aromatic heterocycles. The molecule has 0 aliphatic carbocycles. The Morgan fingerprint density at radius 1 is 0.574 bits per heavy atom. The quantitative estimate of drug-likeness (QED) is 0.175. The number of hydrogen-bond acceptors (Lipinski definition) is 1. The molecule has 0 unspecified atom stereocenters. The van der Waals surface area contributed by atoms with Crippen molar-refractivity contribution in [3.8, 4) is 39.1 Å². The van der Waals surface area contributed by atoms with Crippen LogP contribution in [0.5, 0.6) is 0 Å². The molecule has 0 aliphatic rings. The molecule has 9 rings (SSSR count). The van der Waals surface area contributed by atoms with Crippen LogP contribution in [0.3, 0.4) is 0 Å². The van der Waals surface area contributed by atoms with Crippen LogP contribution in [0.15, 0.2) is 163 Å². The van der Waals surface area contributed by atoms with E-state index in [1.807, 2.05) is 0 Å². The second kappa shape index (κ2) is 11.1. The fourth-order valence-electron chi connectivity index (χ4n) is 6.46. The Bertz CT molecular complexity index is 3450. The molecule has 222 valence electrons. The molecule has 0 atom stereocenters. The van der Waals surface area contributed by atoms with Crippen molar-refractivity contribution in [2.24, 2.45) is 0 Å². The van der Waals surface area contributed by atoms with Gasteiger partial charge in [-0.25, -0.2) is 4.98 Å². The number of aryl methyl sites for hydroxylation is 1. The smallest absolute Gasteiger partial charge is 0.114 e. The fraction of sp³-hybridized carbons (Fsp3) is 0.0444. The lowest BCUT2D eigenvalue weighted by atomic mass is 9.84. The minimum atomic E-state index is -3.14. The van der Waals surface area contributed by atoms with Gasteiger partial charge in [0, 0.05) is 18.6 Å². The SMILES string of the molecule is [2H]c1c([2H])c([2H])c(-c2cccc(-c3c4c([2H])c([2H])c([2H])c([2H])c4c(-c4ccc(-n5c(C([2H])([2H])C([2H])([2H])[2H])nc6ccccc65)c5ccccc45)c4c([2H])c([2H])c([2H])c([2H])c34)c2)c([2H])c1[2H]. The molecular formula is C45H32N2. The molecule has 0 amide bonds. The monoisotopic (exact) mass is 618 g/mol. The summed E-state index contributed by atoms with van der Waals surface area (Å²) in [6.45, 7) is -3.14. The standard InChI is InChI=1S/C45H32N2/c1-2-43-46-40-25-12-13-26-42(40)47(43)41-28-27-39(33-19-6-7-20-34(33)41)45-37-23-10-8-21-35(37)44(36-22-9-11-24-38(36)45)32-18-14-17-31(29-32)30-15-4-3-5-16-30/h3-29H,2H2,1H3/i1D3,2D2,3D,4D,5D,8D,9D,10D,11D,15D,16D,21D,22D,23D,24D. The molecule has 0 spiro atoms. The van der Waals surface area contributed by atoms with Gasteiger partial charge in [-0.15, -0.1) is 0 Å². The highest BCUT2D eigenvalue weighted by Gasteiger charge is 2.20. The molecule has 0 fully saturated rings. The molecule has 2 heteroatoms. The molecule has 0 bridgehead atoms. The Morgan fingerprint density at radius 3 is 1.96 bits per heavy atom. The molecule has 0 N–H and O–H groups in total. The van der Waals surface area contributed by atoms with Gasteiger partial charge in [0.15, 0.2) is 0 Å². The van der Waals surface area contributed by atoms with Gasteiger partial charge in [0.1, 0.15) is 5.82 Å². The van der Waals surface area contributed by atoms with Gasteiger partial charge in [0.25, 0.3) is 0 Å². The summed E-state index contributed by atoms with van der Waals surface area (Å²) in [5, 5.41) is 0.340. The molecule has 1 heterocycles. The minimum absolute atomic E-state index is 0.0192. The third-order valence-electron chi connectivity index (χ3n) is 8.40. The highest BCUT2D eigenvalue weighted by molar-refractivity contribution is 6.24. The fourth-order valence-corrected chi connectivity index (χ4v) is 6.46. The minimum Gasteiger partial charge on any atom is -0.296 e. The first-order chi connectivity index (χ1) is 30.6. The third kappa shape index (κ3) is 4.37. The number of aromatic nitrogens is 2. The first kappa shape index (κ1) is 14.6. The highest BCUT2D eigenvalue weighted by atomic mass is 15.1. The molecule has 2 nitrogen and oxygen atoms in total. The topological polar surface area (TPSA) is 17.8 Å². The maximum absolute atomic E-state index is 9.48. The summed E-state index contributed by atoms with van der Waals surface area (Å²) in [6, 6.07) is 15.2. The lowest BCUT2D eigenvalue weighted by molar-refractivity contribution is 0.913. The molecule has 47 heavy (non-hydrogen) atoms. The van der Waals surface area contributed by atoms with Crippen LogP contribution < -0.4 is 0 Å². The van der Waals surface area contributed by atoms with Crippen molar-refractivity contribution in [3.05, 3.63) is 169 Å². The van der Waals surface area contributed by atoms with Crippen molar-refractivity contribution in [2.45, 2.75) is 13.2 Å². The van der Waals surface area contributed by atoms with E-state index in [4.69, 9.17) is 19.2 Å². The Kier molecular flexibility index (Phi) is 3.46. The van der Waals surface area contributed by atoms with Crippen molar-refractivity contribution in [3.63, 3.8) is 0 Å². The van der Waals surface area contributed by atoms with Crippen LogP contribution in [0.1, 0.15) is 37.3 Å². The number of nitrogens with zero attached hydrogens (tertiary/aromatic N) is 2. The molecule has 0 aliphatic heterocycles. The summed E-state index contributed by atoms with van der Waals surface area (Å²) >= 11 is 0. The van der Waals surface area contributed by atoms with Crippen molar-refractivity contribution in [1.29, 1.82) is 0 Å². The summed E-state index contributed by atoms with van der Waals surface area (Å²) in [6.07, 6.45) is -2.94. The predicted molar refractivity (Wildman–Crippen MR) is 199 cm³/mol. The Labute approximate surface area is 299 Å². The zero-order valence-corrected chi connectivity index (χ0v) is 24.5. The van der Waals surface area contributed by atoms with Crippen LogP contribution in [0.2, 0.25) is 0 Å². The van der Waals surface area contributed by atoms with Gasteiger partial charge >= 0.3 is 0 Å². The maximum atomic E-state index is 9.48. The summed E-state index contributed by atoms with van der Waals surface area (Å²) in [7, 11) is 0. The normalized spacial score (nSPS) is 17.6. The van der Waals surface area contributed by atoms with E-state index in [-0.39, 0.29) is 54.9 Å². The maximum Gasteiger partial charge on any atom is 0.114 e. The summed E-state index contributed by atoms with van der Waals surface area (Å²) in [4.78, 5) is 4.47. The van der Waals surface area contributed by atoms with E-state index in [0.29, 0.717) is 27.5 Å². The Morgan fingerprint density at radius 2 is 1.21 bits per heavy atom. The largest absolute Gasteiger partial charge is 0.296 e. The zero-order valence-electron chi connectivity index (χ0n) is 42.5. The van der Waals surface area contributed by atoms with Crippen LogP contribution in [0.25, 0.3) is 82.4 Å². The second-order valence-corrected chi connectivity index (χ2v) is 10.9. The van der Waals surface area contributed by atoms with E-state index in [0.717, 1.165) is 0 Å². The Balaban J connectivity index is 1.47. The van der Waals surface area contributed by atoms with E-state index >= 15 is 0 Å². The van der Waals surface area contributed by atoms with E-state index < -0.39 is 97.6 Å². The van der Waals surface area contributed by atoms with Gasteiger partial charge in [0.05, 0.1) is 34.5 Å². The molecule has 8 aromatic carbocycles. The van der Waals surface area contributed by atoms with Gasteiger partial charge in [-0.3, -0.25) is 4.57 Å². The summed E-state index contributed by atoms with van der Waals surface area (Å²) < 4.78 is 159. The number of fused-ring (bicyclic) bond motifs is 4. The Hall–Kier alpha value is -5.99. The van der Waals surface area contributed by atoms with Crippen molar-refractivity contribution < 1.29 is 24.7 Å². The molecule has 9 aromatic rings. The van der Waals surface area contributed by atoms with Crippen LogP contribution in [0.4, 0.5) is 0 Å². The van der Waals surface area contributed by atoms with E-state index in [1.54, 1.807) is 66.7 Å². The van der Waals surface area contributed by atoms with Crippen LogP contribution >= 0.6 is 0 Å². The van der Waals surface area contributed by atoms with E-state index in [1.165, 1.54) is 22.8 Å². The summed E-state index contributed by atoms with van der Waals surface area (Å²) in [5.74, 6) is -0.397. The van der Waals surface area contributed by atoms with Crippen LogP contribution in [-0.4, -0.2) is 9.55 Å². The first-order valence-electron chi connectivity index (χ1n) is 23.8. The lowest BCUT2D eigenvalue weighted by Gasteiger charge is -2.20.